The summed E-state index contributed by atoms with van der Waals surface area (Å²) in [6.45, 7) is 2.41. The second-order valence-electron chi connectivity index (χ2n) is 6.52. The predicted octanol–water partition coefficient (Wildman–Crippen LogP) is 3.83. The van der Waals surface area contributed by atoms with Gasteiger partial charge in [0.2, 0.25) is 0 Å². The minimum atomic E-state index is -0.769. The van der Waals surface area contributed by atoms with Crippen molar-refractivity contribution in [3.63, 3.8) is 0 Å². The quantitative estimate of drug-likeness (QED) is 0.881. The minimum absolute atomic E-state index is 0.00897. The SMILES string of the molecule is CNC[C@@H]1CCCN(C(=O)c2ccc(Oc3ccc(F)cc3F)cc2)C1. The van der Waals surface area contributed by atoms with Crippen LogP contribution >= 0.6 is 0 Å². The van der Waals surface area contributed by atoms with Crippen molar-refractivity contribution in [2.45, 2.75) is 12.8 Å². The van der Waals surface area contributed by atoms with E-state index in [2.05, 4.69) is 5.32 Å². The molecule has 1 atom stereocenters. The van der Waals surface area contributed by atoms with Gasteiger partial charge in [-0.25, -0.2) is 8.78 Å². The smallest absolute Gasteiger partial charge is 0.253 e. The number of benzene rings is 2. The molecule has 0 aromatic heterocycles. The van der Waals surface area contributed by atoms with Crippen molar-refractivity contribution in [3.8, 4) is 11.5 Å². The fourth-order valence-electron chi connectivity index (χ4n) is 3.24. The Balaban J connectivity index is 1.66. The van der Waals surface area contributed by atoms with Gasteiger partial charge in [-0.2, -0.15) is 0 Å². The molecule has 1 N–H and O–H groups in total. The third-order valence-corrected chi connectivity index (χ3v) is 4.52. The summed E-state index contributed by atoms with van der Waals surface area (Å²) < 4.78 is 32.0. The van der Waals surface area contributed by atoms with Gasteiger partial charge in [0.1, 0.15) is 11.6 Å². The number of nitrogens with zero attached hydrogens (tertiary/aromatic N) is 1. The monoisotopic (exact) mass is 360 g/mol. The molecule has 6 heteroatoms. The molecule has 1 saturated heterocycles. The number of nitrogens with one attached hydrogen (secondary N) is 1. The van der Waals surface area contributed by atoms with E-state index in [4.69, 9.17) is 4.74 Å². The molecule has 138 valence electrons. The number of carbonyl (C=O) groups is 1. The van der Waals surface area contributed by atoms with Gasteiger partial charge < -0.3 is 15.0 Å². The van der Waals surface area contributed by atoms with Gasteiger partial charge in [-0.3, -0.25) is 4.79 Å². The first-order valence-electron chi connectivity index (χ1n) is 8.73. The first-order chi connectivity index (χ1) is 12.6. The third kappa shape index (κ3) is 4.38. The van der Waals surface area contributed by atoms with Gasteiger partial charge in [-0.1, -0.05) is 0 Å². The van der Waals surface area contributed by atoms with Crippen LogP contribution in [0.4, 0.5) is 8.78 Å². The maximum atomic E-state index is 13.7. The summed E-state index contributed by atoms with van der Waals surface area (Å²) in [5, 5.41) is 3.17. The van der Waals surface area contributed by atoms with Crippen LogP contribution in [0.1, 0.15) is 23.2 Å². The van der Waals surface area contributed by atoms with Gasteiger partial charge in [-0.15, -0.1) is 0 Å². The largest absolute Gasteiger partial charge is 0.454 e. The highest BCUT2D eigenvalue weighted by Gasteiger charge is 2.24. The van der Waals surface area contributed by atoms with Crippen molar-refractivity contribution in [1.82, 2.24) is 10.2 Å². The number of hydrogen-bond donors (Lipinski definition) is 1. The normalized spacial score (nSPS) is 17.2. The van der Waals surface area contributed by atoms with Crippen LogP contribution in [0.3, 0.4) is 0 Å². The number of amides is 1. The molecule has 1 fully saturated rings. The van der Waals surface area contributed by atoms with E-state index in [9.17, 15) is 13.6 Å². The van der Waals surface area contributed by atoms with E-state index in [1.54, 1.807) is 24.3 Å². The maximum absolute atomic E-state index is 13.7. The van der Waals surface area contributed by atoms with Crippen LogP contribution in [0, 0.1) is 17.6 Å². The van der Waals surface area contributed by atoms with Crippen LogP contribution < -0.4 is 10.1 Å². The van der Waals surface area contributed by atoms with E-state index in [1.807, 2.05) is 11.9 Å². The number of carbonyl (C=O) groups excluding carboxylic acids is 1. The first kappa shape index (κ1) is 18.3. The summed E-state index contributed by atoms with van der Waals surface area (Å²) in [5.74, 6) is -0.634. The second kappa shape index (κ2) is 8.27. The molecule has 0 aliphatic carbocycles. The average Bonchev–Trinajstić information content (AvgIpc) is 2.65. The van der Waals surface area contributed by atoms with Crippen LogP contribution in [0.25, 0.3) is 0 Å². The van der Waals surface area contributed by atoms with Crippen molar-refractivity contribution in [1.29, 1.82) is 0 Å². The summed E-state index contributed by atoms with van der Waals surface area (Å²) >= 11 is 0. The Hall–Kier alpha value is -2.47. The number of halogens is 2. The van der Waals surface area contributed by atoms with Crippen molar-refractivity contribution in [2.75, 3.05) is 26.7 Å². The van der Waals surface area contributed by atoms with Crippen molar-refractivity contribution in [3.05, 3.63) is 59.7 Å². The van der Waals surface area contributed by atoms with Crippen LogP contribution in [0.2, 0.25) is 0 Å². The Morgan fingerprint density at radius 3 is 2.69 bits per heavy atom. The lowest BCUT2D eigenvalue weighted by Gasteiger charge is -2.32. The Morgan fingerprint density at radius 2 is 2.00 bits per heavy atom. The molecule has 0 saturated carbocycles. The lowest BCUT2D eigenvalue weighted by atomic mass is 9.97. The van der Waals surface area contributed by atoms with E-state index < -0.39 is 11.6 Å². The molecule has 0 radical (unpaired) electrons. The molecule has 26 heavy (non-hydrogen) atoms. The molecule has 1 aliphatic rings. The van der Waals surface area contributed by atoms with Gasteiger partial charge in [0.25, 0.3) is 5.91 Å². The number of piperidine rings is 1. The highest BCUT2D eigenvalue weighted by atomic mass is 19.1. The zero-order valence-electron chi connectivity index (χ0n) is 14.7. The zero-order valence-corrected chi connectivity index (χ0v) is 14.7. The molecule has 1 heterocycles. The van der Waals surface area contributed by atoms with Crippen molar-refractivity contribution < 1.29 is 18.3 Å². The van der Waals surface area contributed by atoms with Gasteiger partial charge in [0.05, 0.1) is 0 Å². The van der Waals surface area contributed by atoms with Gasteiger partial charge in [0.15, 0.2) is 11.6 Å². The van der Waals surface area contributed by atoms with Crippen LogP contribution in [-0.4, -0.2) is 37.5 Å². The molecule has 0 bridgehead atoms. The Morgan fingerprint density at radius 1 is 1.23 bits per heavy atom. The number of likely N-dealkylation sites (tertiary alicyclic amines) is 1. The molecule has 3 rings (SSSR count). The Labute approximate surface area is 151 Å². The highest BCUT2D eigenvalue weighted by molar-refractivity contribution is 5.94. The predicted molar refractivity (Wildman–Crippen MR) is 95.4 cm³/mol. The van der Waals surface area contributed by atoms with Crippen molar-refractivity contribution in [2.24, 2.45) is 5.92 Å². The summed E-state index contributed by atoms with van der Waals surface area (Å²) in [7, 11) is 1.92. The molecule has 4 nitrogen and oxygen atoms in total. The zero-order chi connectivity index (χ0) is 18.5. The summed E-state index contributed by atoms with van der Waals surface area (Å²) in [6, 6.07) is 9.70. The lowest BCUT2D eigenvalue weighted by molar-refractivity contribution is 0.0674. The van der Waals surface area contributed by atoms with E-state index >= 15 is 0 Å². The number of hydrogen-bond acceptors (Lipinski definition) is 3. The minimum Gasteiger partial charge on any atom is -0.454 e. The van der Waals surface area contributed by atoms with Crippen molar-refractivity contribution >= 4 is 5.91 Å². The summed E-state index contributed by atoms with van der Waals surface area (Å²) in [5.41, 5.74) is 0.571. The Kier molecular flexibility index (Phi) is 5.83. The molecule has 0 unspecified atom stereocenters. The average molecular weight is 360 g/mol. The molecule has 1 amide bonds. The summed E-state index contributed by atoms with van der Waals surface area (Å²) in [4.78, 5) is 14.5. The standard InChI is InChI=1S/C20H22F2N2O2/c1-23-12-14-3-2-10-24(13-14)20(25)15-4-7-17(8-5-15)26-19-9-6-16(21)11-18(19)22/h4-9,11,14,23H,2-3,10,12-13H2,1H3/t14-/m0/s1. The summed E-state index contributed by atoms with van der Waals surface area (Å²) in [6.07, 6.45) is 2.13. The second-order valence-corrected chi connectivity index (χ2v) is 6.52. The molecule has 2 aromatic carbocycles. The van der Waals surface area contributed by atoms with Gasteiger partial charge in [0, 0.05) is 24.7 Å². The fraction of sp³-hybridized carbons (Fsp3) is 0.350. The maximum Gasteiger partial charge on any atom is 0.253 e. The fourth-order valence-corrected chi connectivity index (χ4v) is 3.24. The van der Waals surface area contributed by atoms with Gasteiger partial charge in [-0.05, 0) is 68.8 Å². The third-order valence-electron chi connectivity index (χ3n) is 4.52. The van der Waals surface area contributed by atoms with E-state index in [1.165, 1.54) is 6.07 Å². The number of ether oxygens (including phenoxy) is 1. The van der Waals surface area contributed by atoms with Crippen LogP contribution in [0.15, 0.2) is 42.5 Å². The van der Waals surface area contributed by atoms with Crippen LogP contribution in [-0.2, 0) is 0 Å². The van der Waals surface area contributed by atoms with E-state index in [0.717, 1.165) is 44.6 Å². The molecule has 0 spiro atoms. The Bertz CT molecular complexity index is 763. The van der Waals surface area contributed by atoms with Gasteiger partial charge >= 0.3 is 0 Å². The van der Waals surface area contributed by atoms with Crippen LogP contribution in [0.5, 0.6) is 11.5 Å². The van der Waals surface area contributed by atoms with E-state index in [-0.39, 0.29) is 11.7 Å². The van der Waals surface area contributed by atoms with E-state index in [0.29, 0.717) is 17.2 Å². The first-order valence-corrected chi connectivity index (χ1v) is 8.73. The highest BCUT2D eigenvalue weighted by Crippen LogP contribution is 2.26. The molecule has 2 aromatic rings. The molecular formula is C20H22F2N2O2. The number of rotatable bonds is 5. The topological polar surface area (TPSA) is 41.6 Å². The molecular weight excluding hydrogens is 338 g/mol. The molecule has 1 aliphatic heterocycles. The lowest BCUT2D eigenvalue weighted by Crippen LogP contribution is -2.42.